The molecule has 0 spiro atoms. The maximum atomic E-state index is 7.05. The van der Waals surface area contributed by atoms with Crippen LogP contribution in [0.3, 0.4) is 0 Å². The van der Waals surface area contributed by atoms with Gasteiger partial charge >= 0.3 is 0 Å². The van der Waals surface area contributed by atoms with Gasteiger partial charge in [-0.15, -0.1) is 0 Å². The summed E-state index contributed by atoms with van der Waals surface area (Å²) in [5.74, 6) is 0. The summed E-state index contributed by atoms with van der Waals surface area (Å²) in [6.07, 6.45) is 4.61. The van der Waals surface area contributed by atoms with Crippen LogP contribution in [-0.4, -0.2) is 7.28 Å². The van der Waals surface area contributed by atoms with Crippen molar-refractivity contribution in [3.05, 3.63) is 198 Å². The first kappa shape index (κ1) is 46.3. The van der Waals surface area contributed by atoms with Crippen LogP contribution in [0.25, 0.3) is 87.7 Å². The number of benzene rings is 10. The van der Waals surface area contributed by atoms with E-state index in [1.165, 1.54) is 65.9 Å². The Morgan fingerprint density at radius 1 is 0.416 bits per heavy atom. The number of nitrogens with one attached hydrogen (secondary N) is 1. The van der Waals surface area contributed by atoms with Gasteiger partial charge in [0, 0.05) is 67.7 Å². The maximum Gasteiger partial charge on any atom is 0.197 e. The van der Waals surface area contributed by atoms with Gasteiger partial charge in [0.25, 0.3) is 0 Å². The fourth-order valence-corrected chi connectivity index (χ4v) is 13.8. The van der Waals surface area contributed by atoms with Crippen LogP contribution in [0, 0.1) is 0 Å². The molecular weight excluding hydrogens is 936 g/mol. The minimum Gasteiger partial charge on any atom is -0.456 e. The average Bonchev–Trinajstić information content (AvgIpc) is 4.00. The van der Waals surface area contributed by atoms with Gasteiger partial charge < -0.3 is 19.1 Å². The van der Waals surface area contributed by atoms with Gasteiger partial charge in [-0.1, -0.05) is 158 Å². The molecule has 0 unspecified atom stereocenters. The van der Waals surface area contributed by atoms with Crippen LogP contribution in [0.4, 0.5) is 28.4 Å². The van der Waals surface area contributed by atoms with E-state index >= 15 is 0 Å². The molecule has 0 atom stereocenters. The monoisotopic (exact) mass is 997 g/mol. The molecule has 1 aliphatic heterocycles. The molecule has 77 heavy (non-hydrogen) atoms. The largest absolute Gasteiger partial charge is 0.456 e. The van der Waals surface area contributed by atoms with Crippen LogP contribution in [-0.2, 0) is 21.7 Å². The van der Waals surface area contributed by atoms with E-state index in [1.807, 2.05) is 0 Å². The van der Waals surface area contributed by atoms with E-state index in [9.17, 15) is 0 Å². The van der Waals surface area contributed by atoms with Crippen LogP contribution in [0.15, 0.2) is 185 Å². The van der Waals surface area contributed by atoms with Crippen LogP contribution in [0.5, 0.6) is 0 Å². The Labute approximate surface area is 452 Å². The summed E-state index contributed by atoms with van der Waals surface area (Å²) < 4.78 is 14.1. The zero-order valence-electron chi connectivity index (χ0n) is 45.4. The van der Waals surface area contributed by atoms with E-state index in [4.69, 9.17) is 8.83 Å². The normalized spacial score (nSPS) is 16.9. The van der Waals surface area contributed by atoms with Crippen LogP contribution in [0.1, 0.15) is 103 Å². The molecule has 375 valence electrons. The second-order valence-corrected chi connectivity index (χ2v) is 25.3. The molecular formula is C72H62BN2O2. The Morgan fingerprint density at radius 3 is 1.58 bits per heavy atom. The van der Waals surface area contributed by atoms with Crippen molar-refractivity contribution >= 4 is 112 Å². The van der Waals surface area contributed by atoms with E-state index < -0.39 is 0 Å². The molecule has 0 saturated heterocycles. The minimum absolute atomic E-state index is 0.0605. The van der Waals surface area contributed by atoms with Crippen LogP contribution >= 0.6 is 0 Å². The summed E-state index contributed by atoms with van der Waals surface area (Å²) in [4.78, 5) is 2.48. The number of fused-ring (bicyclic) bond motifs is 12. The Balaban J connectivity index is 0.976. The van der Waals surface area contributed by atoms with Crippen molar-refractivity contribution in [3.63, 3.8) is 0 Å². The highest BCUT2D eigenvalue weighted by Crippen LogP contribution is 2.52. The molecule has 0 bridgehead atoms. The first-order valence-corrected chi connectivity index (χ1v) is 27.8. The van der Waals surface area contributed by atoms with Crippen molar-refractivity contribution < 1.29 is 8.83 Å². The van der Waals surface area contributed by atoms with Gasteiger partial charge in [-0.2, -0.15) is 0 Å². The summed E-state index contributed by atoms with van der Waals surface area (Å²) in [6.45, 7) is 19.2. The lowest BCUT2D eigenvalue weighted by Crippen LogP contribution is -2.41. The molecule has 10 aromatic carbocycles. The lowest BCUT2D eigenvalue weighted by Gasteiger charge is -2.41. The number of hydrogen-bond donors (Lipinski definition) is 1. The van der Waals surface area contributed by atoms with Gasteiger partial charge in [-0.3, -0.25) is 0 Å². The predicted octanol–water partition coefficient (Wildman–Crippen LogP) is 19.0. The first-order valence-electron chi connectivity index (χ1n) is 27.8. The quantitative estimate of drug-likeness (QED) is 0.175. The van der Waals surface area contributed by atoms with Gasteiger partial charge in [0.15, 0.2) is 7.28 Å². The lowest BCUT2D eigenvalue weighted by molar-refractivity contribution is 0.332. The molecule has 0 fully saturated rings. The fourth-order valence-electron chi connectivity index (χ4n) is 13.8. The highest BCUT2D eigenvalue weighted by molar-refractivity contribution is 6.74. The molecule has 3 aliphatic rings. The second kappa shape index (κ2) is 16.3. The molecule has 4 nitrogen and oxygen atoms in total. The van der Waals surface area contributed by atoms with Gasteiger partial charge in [0.2, 0.25) is 0 Å². The molecule has 0 amide bonds. The Kier molecular flexibility index (Phi) is 9.77. The number of anilines is 5. The maximum absolute atomic E-state index is 7.05. The van der Waals surface area contributed by atoms with Crippen LogP contribution < -0.4 is 21.1 Å². The highest BCUT2D eigenvalue weighted by atomic mass is 16.3. The molecule has 2 aliphatic carbocycles. The number of rotatable bonds is 5. The lowest BCUT2D eigenvalue weighted by atomic mass is 9.57. The van der Waals surface area contributed by atoms with Gasteiger partial charge in [-0.25, -0.2) is 0 Å². The third-order valence-corrected chi connectivity index (χ3v) is 18.6. The molecule has 5 heteroatoms. The van der Waals surface area contributed by atoms with E-state index in [-0.39, 0.29) is 21.7 Å². The van der Waals surface area contributed by atoms with Gasteiger partial charge in [-0.05, 0) is 180 Å². The molecule has 15 rings (SSSR count). The summed E-state index contributed by atoms with van der Waals surface area (Å²) >= 11 is 0. The van der Waals surface area contributed by atoms with Crippen molar-refractivity contribution in [1.29, 1.82) is 0 Å². The highest BCUT2D eigenvalue weighted by Gasteiger charge is 2.40. The predicted molar refractivity (Wildman–Crippen MR) is 327 cm³/mol. The standard InChI is InChI=1S/C72H62BN2O2/c1-69(2)28-30-71(5,6)57-39-64-51(36-55(57)69)50-27-26-48(35-63(50)76-64)75-61-41-66-53(52-37-56-58(40-65(52)77-66)72(7,8)31-29-70(56,3)4)38-59(61)73-68-62(75)34-46-20-14-15-21-49(46)67(68)54-32-44-18-12-13-19-45(44)33-60(54)74-47-24-22-43(23-25-47)42-16-10-9-11-17-42/h9-27,32-41,74H,28-31H2,1-8H3. The molecule has 2 aromatic heterocycles. The van der Waals surface area contributed by atoms with Crippen molar-refractivity contribution in [2.45, 2.75) is 103 Å². The Morgan fingerprint density at radius 2 is 0.935 bits per heavy atom. The van der Waals surface area contributed by atoms with Crippen molar-refractivity contribution in [3.8, 4) is 22.3 Å². The molecule has 1 N–H and O–H groups in total. The SMILES string of the molecule is CC1(C)CCC(C)(C)c2cc3c(cc21)oc1cc(N2c4cc5oc6cc7c(cc6c5cc4[B]c4c2cc2ccccc2c4-c2cc4ccccc4cc2Nc2ccc(-c4ccccc4)cc2)C(C)(C)CCC7(C)C)ccc13. The molecule has 1 radical (unpaired) electrons. The molecule has 0 saturated carbocycles. The van der Waals surface area contributed by atoms with Gasteiger partial charge in [0.05, 0.1) is 0 Å². The summed E-state index contributed by atoms with van der Waals surface area (Å²) in [5, 5.41) is 13.3. The van der Waals surface area contributed by atoms with Crippen molar-refractivity contribution in [1.82, 2.24) is 0 Å². The molecule has 12 aromatic rings. The third-order valence-electron chi connectivity index (χ3n) is 18.6. The van der Waals surface area contributed by atoms with E-state index in [0.29, 0.717) is 0 Å². The van der Waals surface area contributed by atoms with Crippen LogP contribution in [0.2, 0.25) is 0 Å². The summed E-state index contributed by atoms with van der Waals surface area (Å²) in [7, 11) is 2.45. The Hall–Kier alpha value is -8.02. The number of hydrogen-bond acceptors (Lipinski definition) is 4. The fraction of sp³-hybridized carbons (Fsp3) is 0.222. The summed E-state index contributed by atoms with van der Waals surface area (Å²) in [5.41, 5.74) is 21.9. The Bertz CT molecular complexity index is 4460. The average molecular weight is 998 g/mol. The molecule has 3 heterocycles. The third kappa shape index (κ3) is 7.18. The van der Waals surface area contributed by atoms with Gasteiger partial charge in [0.1, 0.15) is 22.3 Å². The van der Waals surface area contributed by atoms with E-state index in [1.54, 1.807) is 0 Å². The minimum atomic E-state index is 0.0605. The number of nitrogens with zero attached hydrogens (tertiary/aromatic N) is 1. The zero-order valence-corrected chi connectivity index (χ0v) is 45.4. The number of furan rings is 2. The topological polar surface area (TPSA) is 41.6 Å². The zero-order chi connectivity index (χ0) is 52.3. The smallest absolute Gasteiger partial charge is 0.197 e. The van der Waals surface area contributed by atoms with Crippen molar-refractivity contribution in [2.75, 3.05) is 10.2 Å². The van der Waals surface area contributed by atoms with E-state index in [2.05, 4.69) is 249 Å². The van der Waals surface area contributed by atoms with Crippen molar-refractivity contribution in [2.24, 2.45) is 0 Å². The first-order chi connectivity index (χ1) is 37.1. The van der Waals surface area contributed by atoms with E-state index in [0.717, 1.165) is 109 Å². The second-order valence-electron chi connectivity index (χ2n) is 25.3. The summed E-state index contributed by atoms with van der Waals surface area (Å²) in [6, 6.07) is 65.4.